The predicted octanol–water partition coefficient (Wildman–Crippen LogP) is 0.923. The molecule has 11 heavy (non-hydrogen) atoms. The first-order chi connectivity index (χ1) is 5.11. The van der Waals surface area contributed by atoms with Crippen molar-refractivity contribution in [1.29, 1.82) is 0 Å². The van der Waals surface area contributed by atoms with Crippen LogP contribution in [0.15, 0.2) is 22.6 Å². The normalized spacial score (nSPS) is 12.9. The van der Waals surface area contributed by atoms with Crippen LogP contribution in [-0.4, -0.2) is 29.1 Å². The molecule has 0 saturated heterocycles. The van der Waals surface area contributed by atoms with Gasteiger partial charge in [-0.25, -0.2) is 9.79 Å². The minimum Gasteiger partial charge on any atom is -0.477 e. The molecule has 0 bridgehead atoms. The van der Waals surface area contributed by atoms with Crippen LogP contribution in [0.3, 0.4) is 0 Å². The van der Waals surface area contributed by atoms with Crippen molar-refractivity contribution in [3.05, 3.63) is 12.7 Å². The zero-order chi connectivity index (χ0) is 8.85. The largest absolute Gasteiger partial charge is 0.477 e. The summed E-state index contributed by atoms with van der Waals surface area (Å²) in [4.78, 5) is 17.1. The molecule has 0 aliphatic heterocycles. The lowest BCUT2D eigenvalue weighted by atomic mass is 10.4. The molecule has 4 nitrogen and oxygen atoms in total. The highest BCUT2D eigenvalue weighted by Gasteiger charge is 2.03. The number of carboxylic acid groups (broad SMARTS) is 1. The molecule has 0 saturated carbocycles. The summed E-state index contributed by atoms with van der Waals surface area (Å²) in [6, 6.07) is 0. The van der Waals surface area contributed by atoms with E-state index in [4.69, 9.17) is 16.7 Å². The second-order valence-corrected chi connectivity index (χ2v) is 1.84. The average Bonchev–Trinajstić information content (AvgIpc) is 1.99. The minimum absolute atomic E-state index is 0.109. The fraction of sp³-hybridized carbons (Fsp3) is 0.167. The Bertz CT molecular complexity index is 233. The van der Waals surface area contributed by atoms with Gasteiger partial charge in [-0.3, -0.25) is 4.99 Å². The Hall–Kier alpha value is -1.16. The molecule has 60 valence electrons. The molecule has 0 unspecified atom stereocenters. The predicted molar refractivity (Wildman–Crippen MR) is 44.5 cm³/mol. The van der Waals surface area contributed by atoms with E-state index in [9.17, 15) is 4.79 Å². The number of amidine groups is 1. The Morgan fingerprint density at radius 1 is 1.73 bits per heavy atom. The van der Waals surface area contributed by atoms with Crippen LogP contribution in [-0.2, 0) is 4.79 Å². The van der Waals surface area contributed by atoms with Crippen molar-refractivity contribution in [2.24, 2.45) is 9.98 Å². The third-order valence-corrected chi connectivity index (χ3v) is 1.06. The van der Waals surface area contributed by atoms with Gasteiger partial charge in [0.25, 0.3) is 0 Å². The highest BCUT2D eigenvalue weighted by molar-refractivity contribution is 6.66. The third kappa shape index (κ3) is 3.52. The molecule has 0 aliphatic rings. The van der Waals surface area contributed by atoms with Gasteiger partial charge in [-0.1, -0.05) is 6.58 Å². The van der Waals surface area contributed by atoms with Crippen LogP contribution in [0, 0.1) is 0 Å². The Balaban J connectivity index is 4.62. The zero-order valence-electron chi connectivity index (χ0n) is 5.91. The van der Waals surface area contributed by atoms with Gasteiger partial charge in [0, 0.05) is 7.05 Å². The highest BCUT2D eigenvalue weighted by Crippen LogP contribution is 1.90. The molecular weight excluding hydrogens is 168 g/mol. The summed E-state index contributed by atoms with van der Waals surface area (Å²) in [6.45, 7) is 3.24. The molecule has 0 atom stereocenters. The lowest BCUT2D eigenvalue weighted by Gasteiger charge is -1.90. The van der Waals surface area contributed by atoms with E-state index in [-0.39, 0.29) is 11.0 Å². The van der Waals surface area contributed by atoms with E-state index in [1.807, 2.05) is 0 Å². The number of aliphatic imine (C=N–C) groups is 2. The number of hydrogen-bond acceptors (Lipinski definition) is 2. The van der Waals surface area contributed by atoms with E-state index >= 15 is 0 Å². The molecule has 0 fully saturated rings. The van der Waals surface area contributed by atoms with Crippen molar-refractivity contribution in [3.63, 3.8) is 0 Å². The van der Waals surface area contributed by atoms with E-state index in [2.05, 4.69) is 16.6 Å². The molecule has 5 heteroatoms. The Morgan fingerprint density at radius 2 is 2.27 bits per heavy atom. The molecule has 0 amide bonds. The standard InChI is InChI=1S/C6H7ClN2O2/c1-3-4(5(10)11)9-6(7)8-2/h3H,1H2,2H3,(H,10,11)/b8-6?,9-4+. The van der Waals surface area contributed by atoms with Gasteiger partial charge in [-0.05, 0) is 17.7 Å². The zero-order valence-corrected chi connectivity index (χ0v) is 6.67. The summed E-state index contributed by atoms with van der Waals surface area (Å²) in [5, 5.41) is 8.29. The lowest BCUT2D eigenvalue weighted by molar-refractivity contribution is -0.129. The summed E-state index contributed by atoms with van der Waals surface area (Å²) >= 11 is 5.33. The van der Waals surface area contributed by atoms with Gasteiger partial charge in [0.1, 0.15) is 0 Å². The van der Waals surface area contributed by atoms with E-state index in [0.29, 0.717) is 0 Å². The Morgan fingerprint density at radius 3 is 2.55 bits per heavy atom. The summed E-state index contributed by atoms with van der Waals surface area (Å²) in [6.07, 6.45) is 1.09. The molecule has 0 aliphatic carbocycles. The van der Waals surface area contributed by atoms with Gasteiger partial charge in [-0.15, -0.1) is 0 Å². The SMILES string of the molecule is C=C/C(=N\C(Cl)=NC)C(=O)O. The summed E-state index contributed by atoms with van der Waals surface area (Å²) < 4.78 is 0. The van der Waals surface area contributed by atoms with Gasteiger partial charge in [0.2, 0.25) is 5.29 Å². The topological polar surface area (TPSA) is 62.0 Å². The van der Waals surface area contributed by atoms with Crippen LogP contribution in [0.25, 0.3) is 0 Å². The number of carboxylic acids is 1. The van der Waals surface area contributed by atoms with Crippen molar-refractivity contribution in [3.8, 4) is 0 Å². The Labute approximate surface area is 68.9 Å². The fourth-order valence-corrected chi connectivity index (χ4v) is 0.421. The molecule has 0 aromatic heterocycles. The maximum absolute atomic E-state index is 10.3. The van der Waals surface area contributed by atoms with Gasteiger partial charge >= 0.3 is 5.97 Å². The van der Waals surface area contributed by atoms with Gasteiger partial charge < -0.3 is 5.11 Å². The minimum atomic E-state index is -1.18. The molecule has 1 N–H and O–H groups in total. The molecule has 0 aromatic rings. The van der Waals surface area contributed by atoms with Crippen LogP contribution in [0.5, 0.6) is 0 Å². The van der Waals surface area contributed by atoms with Crippen molar-refractivity contribution in [1.82, 2.24) is 0 Å². The monoisotopic (exact) mass is 174 g/mol. The van der Waals surface area contributed by atoms with Crippen molar-refractivity contribution in [2.75, 3.05) is 7.05 Å². The first-order valence-corrected chi connectivity index (χ1v) is 3.06. The number of aliphatic carboxylic acids is 1. The number of rotatable bonds is 2. The number of carbonyl (C=O) groups is 1. The van der Waals surface area contributed by atoms with Crippen molar-refractivity contribution >= 4 is 28.6 Å². The summed E-state index contributed by atoms with van der Waals surface area (Å²) in [5.74, 6) is -1.18. The number of halogens is 1. The van der Waals surface area contributed by atoms with Crippen LogP contribution >= 0.6 is 11.6 Å². The molecule has 0 radical (unpaired) electrons. The first-order valence-electron chi connectivity index (χ1n) is 2.68. The maximum atomic E-state index is 10.3. The van der Waals surface area contributed by atoms with Gasteiger partial charge in [-0.2, -0.15) is 0 Å². The number of nitrogens with zero attached hydrogens (tertiary/aromatic N) is 2. The lowest BCUT2D eigenvalue weighted by Crippen LogP contribution is -2.10. The van der Waals surface area contributed by atoms with Crippen molar-refractivity contribution < 1.29 is 9.90 Å². The van der Waals surface area contributed by atoms with Gasteiger partial charge in [0.05, 0.1) is 0 Å². The fourth-order valence-electron chi connectivity index (χ4n) is 0.330. The van der Waals surface area contributed by atoms with Crippen LogP contribution < -0.4 is 0 Å². The summed E-state index contributed by atoms with van der Waals surface area (Å²) in [7, 11) is 1.41. The third-order valence-electron chi connectivity index (χ3n) is 0.810. The number of hydrogen-bond donors (Lipinski definition) is 1. The van der Waals surface area contributed by atoms with Crippen LogP contribution in [0.4, 0.5) is 0 Å². The van der Waals surface area contributed by atoms with Gasteiger partial charge in [0.15, 0.2) is 5.71 Å². The molecular formula is C6H7ClN2O2. The van der Waals surface area contributed by atoms with Crippen molar-refractivity contribution in [2.45, 2.75) is 0 Å². The highest BCUT2D eigenvalue weighted by atomic mass is 35.5. The van der Waals surface area contributed by atoms with Crippen LogP contribution in [0.2, 0.25) is 0 Å². The van der Waals surface area contributed by atoms with E-state index in [0.717, 1.165) is 6.08 Å². The summed E-state index contributed by atoms with van der Waals surface area (Å²) in [5.41, 5.74) is -0.222. The molecule has 0 heterocycles. The molecule has 0 rings (SSSR count). The smallest absolute Gasteiger partial charge is 0.354 e. The maximum Gasteiger partial charge on any atom is 0.354 e. The van der Waals surface area contributed by atoms with E-state index in [1.165, 1.54) is 7.05 Å². The average molecular weight is 175 g/mol. The molecule has 0 aromatic carbocycles. The van der Waals surface area contributed by atoms with E-state index in [1.54, 1.807) is 0 Å². The Kier molecular flexibility index (Phi) is 4.14. The second kappa shape index (κ2) is 4.62. The second-order valence-electron chi connectivity index (χ2n) is 1.50. The van der Waals surface area contributed by atoms with Crippen LogP contribution in [0.1, 0.15) is 0 Å². The molecule has 0 spiro atoms. The van der Waals surface area contributed by atoms with E-state index < -0.39 is 5.97 Å². The quantitative estimate of drug-likeness (QED) is 0.385. The first kappa shape index (κ1) is 9.84.